The molecule has 0 radical (unpaired) electrons. The number of allylic oxidation sites excluding steroid dienone is 6. The zero-order valence-corrected chi connectivity index (χ0v) is 22.5. The molecule has 2 aromatic rings. The number of sulfone groups is 2. The van der Waals surface area contributed by atoms with E-state index in [9.17, 15) is 16.8 Å². The Hall–Kier alpha value is -3.10. The lowest BCUT2D eigenvalue weighted by atomic mass is 10.3. The first-order chi connectivity index (χ1) is 16.5. The number of rotatable bonds is 11. The van der Waals surface area contributed by atoms with Gasteiger partial charge in [-0.25, -0.2) is 16.8 Å². The van der Waals surface area contributed by atoms with Gasteiger partial charge in [-0.05, 0) is 81.7 Å². The van der Waals surface area contributed by atoms with Crippen LogP contribution in [0.3, 0.4) is 0 Å². The molecular weight excluding hydrogens is 480 g/mol. The normalized spacial score (nSPS) is 14.4. The summed E-state index contributed by atoms with van der Waals surface area (Å²) in [5.74, 6) is 0. The summed E-state index contributed by atoms with van der Waals surface area (Å²) in [7, 11) is -3.16. The molecule has 0 aliphatic heterocycles. The number of hydrogen-bond donors (Lipinski definition) is 0. The van der Waals surface area contributed by atoms with Crippen molar-refractivity contribution in [3.8, 4) is 0 Å². The maximum absolute atomic E-state index is 12.6. The minimum atomic E-state index is -3.50. The first-order valence-electron chi connectivity index (χ1n) is 11.2. The molecule has 0 aromatic heterocycles. The van der Waals surface area contributed by atoms with Gasteiger partial charge in [-0.2, -0.15) is 0 Å². The maximum Gasteiger partial charge on any atom is 0.202 e. The van der Waals surface area contributed by atoms with Crippen LogP contribution in [0.15, 0.2) is 117 Å². The average Bonchev–Trinajstić information content (AvgIpc) is 2.84. The van der Waals surface area contributed by atoms with Crippen molar-refractivity contribution < 1.29 is 16.8 Å². The van der Waals surface area contributed by atoms with Gasteiger partial charge in [0.05, 0.1) is 9.79 Å². The monoisotopic (exact) mass is 514 g/mol. The van der Waals surface area contributed by atoms with Gasteiger partial charge >= 0.3 is 0 Å². The van der Waals surface area contributed by atoms with E-state index in [2.05, 4.69) is 0 Å². The molecular formula is C27H34N2O4S2. The largest absolute Gasteiger partial charge is 0.378 e. The molecule has 0 saturated heterocycles. The lowest BCUT2D eigenvalue weighted by Crippen LogP contribution is -2.33. The molecule has 2 rings (SSSR count). The topological polar surface area (TPSA) is 74.8 Å². The second kappa shape index (κ2) is 12.6. The molecule has 0 N–H and O–H groups in total. The van der Waals surface area contributed by atoms with Crippen LogP contribution in [0.4, 0.5) is 0 Å². The van der Waals surface area contributed by atoms with Crippen LogP contribution < -0.4 is 0 Å². The summed E-state index contributed by atoms with van der Waals surface area (Å²) in [6.45, 7) is 5.90. The summed E-state index contributed by atoms with van der Waals surface area (Å²) in [5.41, 5.74) is 0. The Bertz CT molecular complexity index is 1300. The van der Waals surface area contributed by atoms with E-state index in [1.807, 2.05) is 43.2 Å². The van der Waals surface area contributed by atoms with E-state index < -0.39 is 19.7 Å². The van der Waals surface area contributed by atoms with Crippen LogP contribution in [0.2, 0.25) is 0 Å². The van der Waals surface area contributed by atoms with Gasteiger partial charge in [0, 0.05) is 36.5 Å². The van der Waals surface area contributed by atoms with Crippen LogP contribution in [-0.4, -0.2) is 53.3 Å². The summed E-state index contributed by atoms with van der Waals surface area (Å²) in [5, 5.41) is 0. The lowest BCUT2D eigenvalue weighted by molar-refractivity contribution is 0.282. The molecule has 8 heteroatoms. The molecule has 1 atom stereocenters. The smallest absolute Gasteiger partial charge is 0.202 e. The van der Waals surface area contributed by atoms with Gasteiger partial charge < -0.3 is 9.80 Å². The van der Waals surface area contributed by atoms with E-state index in [-0.39, 0.29) is 25.6 Å². The van der Waals surface area contributed by atoms with Crippen LogP contribution in [0.25, 0.3) is 0 Å². The summed E-state index contributed by atoms with van der Waals surface area (Å²) < 4.78 is 50.4. The van der Waals surface area contributed by atoms with Gasteiger partial charge in [0.15, 0.2) is 0 Å². The second-order valence-electron chi connectivity index (χ2n) is 8.32. The predicted molar refractivity (Wildman–Crippen MR) is 143 cm³/mol. The summed E-state index contributed by atoms with van der Waals surface area (Å²) in [6.07, 6.45) is 10.3. The van der Waals surface area contributed by atoms with Crippen LogP contribution in [0, 0.1) is 0 Å². The van der Waals surface area contributed by atoms with Crippen molar-refractivity contribution in [2.75, 3.05) is 20.6 Å². The Kier molecular flexibility index (Phi) is 10.1. The fourth-order valence-corrected chi connectivity index (χ4v) is 5.43. The van der Waals surface area contributed by atoms with Crippen molar-refractivity contribution >= 4 is 19.7 Å². The lowest BCUT2D eigenvalue weighted by Gasteiger charge is -2.27. The van der Waals surface area contributed by atoms with E-state index in [0.717, 1.165) is 0 Å². The Balaban J connectivity index is 1.95. The summed E-state index contributed by atoms with van der Waals surface area (Å²) >= 11 is 0. The van der Waals surface area contributed by atoms with Gasteiger partial charge in [0.25, 0.3) is 0 Å². The highest BCUT2D eigenvalue weighted by Crippen LogP contribution is 2.19. The molecule has 0 spiro atoms. The van der Waals surface area contributed by atoms with Crippen LogP contribution in [0.1, 0.15) is 20.8 Å². The highest BCUT2D eigenvalue weighted by atomic mass is 32.2. The fraction of sp³-hybridized carbons (Fsp3) is 0.259. The number of nitrogens with zero attached hydrogens (tertiary/aromatic N) is 2. The maximum atomic E-state index is 12.6. The third-order valence-corrected chi connectivity index (χ3v) is 9.28. The predicted octanol–water partition coefficient (Wildman–Crippen LogP) is 5.02. The Labute approximate surface area is 210 Å². The molecule has 0 fully saturated rings. The third-order valence-electron chi connectivity index (χ3n) is 5.53. The number of hydrogen-bond acceptors (Lipinski definition) is 6. The van der Waals surface area contributed by atoms with E-state index >= 15 is 0 Å². The molecule has 35 heavy (non-hydrogen) atoms. The van der Waals surface area contributed by atoms with E-state index in [0.29, 0.717) is 6.54 Å². The van der Waals surface area contributed by atoms with E-state index in [1.165, 1.54) is 0 Å². The Morgan fingerprint density at radius 2 is 1.14 bits per heavy atom. The van der Waals surface area contributed by atoms with Crippen molar-refractivity contribution in [2.24, 2.45) is 0 Å². The average molecular weight is 515 g/mol. The molecule has 1 unspecified atom stereocenters. The van der Waals surface area contributed by atoms with Crippen molar-refractivity contribution in [2.45, 2.75) is 36.6 Å². The Morgan fingerprint density at radius 1 is 0.743 bits per heavy atom. The second-order valence-corrected chi connectivity index (χ2v) is 12.6. The van der Waals surface area contributed by atoms with Gasteiger partial charge in [-0.3, -0.25) is 0 Å². The van der Waals surface area contributed by atoms with Crippen molar-refractivity contribution in [1.29, 1.82) is 0 Å². The van der Waals surface area contributed by atoms with Crippen molar-refractivity contribution in [1.82, 2.24) is 9.80 Å². The SMILES string of the molecule is CC(=CC=CN(C)CC(C)N(C)C=CC=C(C)S(=O)(=O)c1ccccc1)S(=O)(=O)c1ccccc1. The fourth-order valence-electron chi connectivity index (χ4n) is 3.14. The quantitative estimate of drug-likeness (QED) is 0.392. The van der Waals surface area contributed by atoms with Crippen LogP contribution in [-0.2, 0) is 19.7 Å². The molecule has 0 heterocycles. The molecule has 0 saturated carbocycles. The minimum absolute atomic E-state index is 0.124. The highest BCUT2D eigenvalue weighted by molar-refractivity contribution is 7.95. The summed E-state index contributed by atoms with van der Waals surface area (Å²) in [6, 6.07) is 16.8. The third kappa shape index (κ3) is 7.97. The van der Waals surface area contributed by atoms with Gasteiger partial charge in [-0.1, -0.05) is 36.4 Å². The van der Waals surface area contributed by atoms with Gasteiger partial charge in [0.2, 0.25) is 19.7 Å². The molecule has 6 nitrogen and oxygen atoms in total. The van der Waals surface area contributed by atoms with Crippen LogP contribution in [0.5, 0.6) is 0 Å². The van der Waals surface area contributed by atoms with Gasteiger partial charge in [-0.15, -0.1) is 0 Å². The zero-order valence-electron chi connectivity index (χ0n) is 20.9. The van der Waals surface area contributed by atoms with E-state index in [1.54, 1.807) is 98.8 Å². The Morgan fingerprint density at radius 3 is 1.57 bits per heavy atom. The molecule has 188 valence electrons. The first kappa shape index (κ1) is 28.1. The highest BCUT2D eigenvalue weighted by Gasteiger charge is 2.16. The molecule has 2 aromatic carbocycles. The molecule has 0 aliphatic carbocycles. The summed E-state index contributed by atoms with van der Waals surface area (Å²) in [4.78, 5) is 5.05. The molecule has 0 bridgehead atoms. The van der Waals surface area contributed by atoms with Crippen molar-refractivity contribution in [3.05, 3.63) is 107 Å². The first-order valence-corrected chi connectivity index (χ1v) is 14.2. The van der Waals surface area contributed by atoms with Crippen molar-refractivity contribution in [3.63, 3.8) is 0 Å². The number of likely N-dealkylation sites (N-methyl/N-ethyl adjacent to an activating group) is 2. The van der Waals surface area contributed by atoms with E-state index in [4.69, 9.17) is 0 Å². The van der Waals surface area contributed by atoms with Crippen LogP contribution >= 0.6 is 0 Å². The molecule has 0 aliphatic rings. The standard InChI is InChI=1S/C27H34N2O4S2/c1-23(29(5)21-13-15-25(3)35(32,33)27-18-10-7-11-19-27)22-28(4)20-12-14-24(2)34(30,31)26-16-8-6-9-17-26/h6-21,23H,22H2,1-5H3. The molecule has 0 amide bonds. The zero-order chi connectivity index (χ0) is 26.1. The number of benzene rings is 2. The minimum Gasteiger partial charge on any atom is -0.378 e. The van der Waals surface area contributed by atoms with Gasteiger partial charge in [0.1, 0.15) is 0 Å².